The number of rotatable bonds is 6. The average molecular weight is 494 g/mol. The summed E-state index contributed by atoms with van der Waals surface area (Å²) in [4.78, 5) is 35.1. The van der Waals surface area contributed by atoms with Crippen LogP contribution in [0.15, 0.2) is 36.4 Å². The van der Waals surface area contributed by atoms with Gasteiger partial charge in [-0.2, -0.15) is 4.98 Å². The molecule has 0 bridgehead atoms. The van der Waals surface area contributed by atoms with E-state index in [2.05, 4.69) is 33.2 Å². The summed E-state index contributed by atoms with van der Waals surface area (Å²) in [6.45, 7) is 1.67. The number of nitrogens with one attached hydrogen (secondary N) is 1. The van der Waals surface area contributed by atoms with E-state index in [1.807, 2.05) is 12.1 Å². The number of imidazole rings is 1. The predicted octanol–water partition coefficient (Wildman–Crippen LogP) is 6.07. The van der Waals surface area contributed by atoms with Crippen LogP contribution < -0.4 is 4.74 Å². The van der Waals surface area contributed by atoms with Gasteiger partial charge >= 0.3 is 5.97 Å². The van der Waals surface area contributed by atoms with Gasteiger partial charge in [-0.3, -0.25) is 9.59 Å². The normalized spacial score (nSPS) is 22.6. The molecule has 0 amide bonds. The molecule has 0 spiro atoms. The highest BCUT2D eigenvalue weighted by atomic mass is 35.5. The average Bonchev–Trinajstić information content (AvgIpc) is 3.25. The van der Waals surface area contributed by atoms with Crippen LogP contribution in [-0.2, 0) is 9.59 Å². The second-order valence-corrected chi connectivity index (χ2v) is 9.96. The highest BCUT2D eigenvalue weighted by Crippen LogP contribution is 2.34. The number of H-pyrrole nitrogens is 1. The van der Waals surface area contributed by atoms with Crippen molar-refractivity contribution in [2.24, 2.45) is 11.8 Å². The van der Waals surface area contributed by atoms with Crippen molar-refractivity contribution in [2.75, 3.05) is 0 Å². The second-order valence-electron chi connectivity index (χ2n) is 9.55. The predicted molar refractivity (Wildman–Crippen MR) is 134 cm³/mol. The van der Waals surface area contributed by atoms with E-state index in [-0.39, 0.29) is 23.7 Å². The van der Waals surface area contributed by atoms with Crippen molar-refractivity contribution < 1.29 is 19.4 Å². The molecule has 2 aromatic heterocycles. The number of aromatic amines is 1. The molecule has 0 saturated heterocycles. The van der Waals surface area contributed by atoms with Gasteiger partial charge in [0.1, 0.15) is 11.9 Å². The molecule has 7 nitrogen and oxygen atoms in total. The Bertz CT molecular complexity index is 1290. The summed E-state index contributed by atoms with van der Waals surface area (Å²) in [5.41, 5.74) is 5.19. The van der Waals surface area contributed by atoms with Crippen LogP contribution in [0.4, 0.5) is 0 Å². The maximum absolute atomic E-state index is 11.6. The molecule has 2 N–H and O–H groups in total. The molecule has 1 saturated carbocycles. The summed E-state index contributed by atoms with van der Waals surface area (Å²) in [5.74, 6) is -0.602. The molecule has 1 unspecified atom stereocenters. The molecule has 2 heterocycles. The van der Waals surface area contributed by atoms with Gasteiger partial charge in [0.25, 0.3) is 6.01 Å². The van der Waals surface area contributed by atoms with Crippen molar-refractivity contribution in [1.82, 2.24) is 15.0 Å². The molecule has 1 aromatic carbocycles. The molecule has 0 radical (unpaired) electrons. The van der Waals surface area contributed by atoms with Gasteiger partial charge in [0.05, 0.1) is 22.2 Å². The summed E-state index contributed by atoms with van der Waals surface area (Å²) >= 11 is 6.57. The number of ketones is 1. The Hall–Kier alpha value is -3.19. The first kappa shape index (κ1) is 23.5. The van der Waals surface area contributed by atoms with Gasteiger partial charge in [-0.05, 0) is 69.1 Å². The van der Waals surface area contributed by atoms with E-state index in [4.69, 9.17) is 16.3 Å². The van der Waals surface area contributed by atoms with E-state index in [1.165, 1.54) is 5.57 Å². The van der Waals surface area contributed by atoms with Crippen molar-refractivity contribution in [3.8, 4) is 17.3 Å². The number of carbonyl (C=O) groups is 2. The number of carboxylic acid groups (broad SMARTS) is 1. The Kier molecular flexibility index (Phi) is 6.60. The fourth-order valence-corrected chi connectivity index (χ4v) is 5.31. The van der Waals surface area contributed by atoms with Crippen LogP contribution >= 0.6 is 11.6 Å². The van der Waals surface area contributed by atoms with Crippen molar-refractivity contribution in [1.29, 1.82) is 0 Å². The minimum atomic E-state index is -0.733. The monoisotopic (exact) mass is 493 g/mol. The maximum atomic E-state index is 11.6. The molecule has 3 aromatic rings. The van der Waals surface area contributed by atoms with Crippen molar-refractivity contribution >= 4 is 40.1 Å². The van der Waals surface area contributed by atoms with Crippen LogP contribution in [0.25, 0.3) is 28.0 Å². The number of hydrogen-bond donors (Lipinski definition) is 2. The number of fused-ring (bicyclic) bond motifs is 1. The molecule has 2 aliphatic rings. The molecule has 182 valence electrons. The Morgan fingerprint density at radius 3 is 2.37 bits per heavy atom. The Labute approximate surface area is 208 Å². The standard InChI is InChI=1S/C27H28ClN3O4/c1-15(32)16-2-4-17(5-3-16)18-6-8-19(9-7-18)24-22(28)14-23-25(30-24)31-27(29-23)35-21-12-10-20(11-13-21)26(33)34/h4,6-9,14,16,20-21H,2-3,5,10-13H2,1H3,(H,33,34)(H,29,30,31). The molecular weight excluding hydrogens is 466 g/mol. The number of aliphatic carboxylic acids is 1. The number of ether oxygens (including phenoxy) is 1. The number of aromatic nitrogens is 3. The smallest absolute Gasteiger partial charge is 0.306 e. The van der Waals surface area contributed by atoms with Gasteiger partial charge in [0, 0.05) is 11.5 Å². The fourth-order valence-electron chi connectivity index (χ4n) is 5.05. The zero-order valence-corrected chi connectivity index (χ0v) is 20.3. The molecule has 1 fully saturated rings. The first-order valence-corrected chi connectivity index (χ1v) is 12.5. The molecule has 1 atom stereocenters. The molecule has 8 heteroatoms. The summed E-state index contributed by atoms with van der Waals surface area (Å²) in [6, 6.07) is 10.4. The van der Waals surface area contributed by atoms with E-state index in [0.29, 0.717) is 53.6 Å². The van der Waals surface area contributed by atoms with Crippen LogP contribution in [0.3, 0.4) is 0 Å². The lowest BCUT2D eigenvalue weighted by Gasteiger charge is -2.25. The summed E-state index contributed by atoms with van der Waals surface area (Å²) in [5, 5.41) is 9.69. The van der Waals surface area contributed by atoms with E-state index < -0.39 is 5.97 Å². The molecule has 5 rings (SSSR count). The molecule has 2 aliphatic carbocycles. The number of carboxylic acids is 1. The Morgan fingerprint density at radius 2 is 1.74 bits per heavy atom. The zero-order valence-electron chi connectivity index (χ0n) is 19.6. The van der Waals surface area contributed by atoms with Gasteiger partial charge in [-0.15, -0.1) is 0 Å². The van der Waals surface area contributed by atoms with E-state index in [9.17, 15) is 14.7 Å². The van der Waals surface area contributed by atoms with Crippen LogP contribution in [-0.4, -0.2) is 37.9 Å². The lowest BCUT2D eigenvalue weighted by Crippen LogP contribution is -2.28. The quantitative estimate of drug-likeness (QED) is 0.431. The number of Topliss-reactive ketones (excluding diaryl/α,β-unsaturated/α-hetero) is 1. The number of benzene rings is 1. The van der Waals surface area contributed by atoms with E-state index >= 15 is 0 Å². The lowest BCUT2D eigenvalue weighted by molar-refractivity contribution is -0.143. The van der Waals surface area contributed by atoms with Gasteiger partial charge in [-0.25, -0.2) is 4.98 Å². The van der Waals surface area contributed by atoms with Gasteiger partial charge < -0.3 is 14.8 Å². The highest BCUT2D eigenvalue weighted by Gasteiger charge is 2.27. The van der Waals surface area contributed by atoms with Gasteiger partial charge in [0.15, 0.2) is 5.65 Å². The molecule has 0 aliphatic heterocycles. The summed E-state index contributed by atoms with van der Waals surface area (Å²) in [7, 11) is 0. The topological polar surface area (TPSA) is 105 Å². The SMILES string of the molecule is CC(=O)C1CC=C(c2ccc(-c3nc4nc(OC5CCC(C(=O)O)CC5)[nH]c4cc3Cl)cc2)CC1. The second kappa shape index (κ2) is 9.82. The highest BCUT2D eigenvalue weighted by molar-refractivity contribution is 6.33. The van der Waals surface area contributed by atoms with Crippen LogP contribution in [0.2, 0.25) is 5.02 Å². The minimum absolute atomic E-state index is 0.0616. The zero-order chi connectivity index (χ0) is 24.5. The summed E-state index contributed by atoms with van der Waals surface area (Å²) < 4.78 is 5.99. The molecular formula is C27H28ClN3O4. The number of allylic oxidation sites excluding steroid dienone is 2. The Morgan fingerprint density at radius 1 is 1.03 bits per heavy atom. The maximum Gasteiger partial charge on any atom is 0.306 e. The Balaban J connectivity index is 1.30. The van der Waals surface area contributed by atoms with Crippen LogP contribution in [0.1, 0.15) is 57.4 Å². The number of nitrogens with zero attached hydrogens (tertiary/aromatic N) is 2. The van der Waals surface area contributed by atoms with Crippen molar-refractivity contribution in [3.05, 3.63) is 47.0 Å². The first-order valence-electron chi connectivity index (χ1n) is 12.1. The van der Waals surface area contributed by atoms with Crippen molar-refractivity contribution in [3.63, 3.8) is 0 Å². The number of pyridine rings is 1. The third kappa shape index (κ3) is 5.10. The summed E-state index contributed by atoms with van der Waals surface area (Å²) in [6.07, 6.45) is 7.32. The van der Waals surface area contributed by atoms with Crippen LogP contribution in [0.5, 0.6) is 6.01 Å². The van der Waals surface area contributed by atoms with Gasteiger partial charge in [-0.1, -0.05) is 41.9 Å². The third-order valence-electron chi connectivity index (χ3n) is 7.22. The largest absolute Gasteiger partial charge is 0.481 e. The minimum Gasteiger partial charge on any atom is -0.481 e. The van der Waals surface area contributed by atoms with Gasteiger partial charge in [0.2, 0.25) is 0 Å². The van der Waals surface area contributed by atoms with E-state index in [0.717, 1.165) is 30.4 Å². The lowest BCUT2D eigenvalue weighted by atomic mass is 9.84. The fraction of sp³-hybridized carbons (Fsp3) is 0.407. The third-order valence-corrected chi connectivity index (χ3v) is 7.51. The molecule has 35 heavy (non-hydrogen) atoms. The van der Waals surface area contributed by atoms with E-state index in [1.54, 1.807) is 13.0 Å². The van der Waals surface area contributed by atoms with Crippen LogP contribution in [0, 0.1) is 11.8 Å². The number of halogens is 1. The number of carbonyl (C=O) groups excluding carboxylic acids is 1. The first-order chi connectivity index (χ1) is 16.9. The number of hydrogen-bond acceptors (Lipinski definition) is 5. The van der Waals surface area contributed by atoms with Crippen molar-refractivity contribution in [2.45, 2.75) is 58.0 Å².